The average molecular weight is 435 g/mol. The Morgan fingerprint density at radius 2 is 2.03 bits per heavy atom. The Morgan fingerprint density at radius 1 is 1.27 bits per heavy atom. The SMILES string of the molecule is CC(C)(CC[C@@H]1OC(=O)N2c3ccc(N4CCOCC4=O)cc3OC[C@@H]12)[Si](C)(C)O. The second-order valence-electron chi connectivity index (χ2n) is 9.40. The van der Waals surface area contributed by atoms with Gasteiger partial charge in [-0.1, -0.05) is 13.8 Å². The molecule has 30 heavy (non-hydrogen) atoms. The maximum atomic E-state index is 12.7. The van der Waals surface area contributed by atoms with Gasteiger partial charge < -0.3 is 23.9 Å². The summed E-state index contributed by atoms with van der Waals surface area (Å²) in [7, 11) is -2.33. The highest BCUT2D eigenvalue weighted by Crippen LogP contribution is 2.44. The molecule has 0 bridgehead atoms. The van der Waals surface area contributed by atoms with Crippen LogP contribution < -0.4 is 14.5 Å². The Hall–Kier alpha value is -2.10. The molecule has 8 nitrogen and oxygen atoms in total. The van der Waals surface area contributed by atoms with Gasteiger partial charge in [-0.2, -0.15) is 0 Å². The van der Waals surface area contributed by atoms with Crippen LogP contribution in [0.2, 0.25) is 18.1 Å². The molecule has 1 N–H and O–H groups in total. The number of hydrogen-bond acceptors (Lipinski definition) is 6. The molecule has 3 aliphatic heterocycles. The van der Waals surface area contributed by atoms with Crippen LogP contribution in [0.3, 0.4) is 0 Å². The quantitative estimate of drug-likeness (QED) is 0.717. The van der Waals surface area contributed by atoms with E-state index in [1.54, 1.807) is 15.9 Å². The highest BCUT2D eigenvalue weighted by atomic mass is 28.4. The third kappa shape index (κ3) is 3.70. The van der Waals surface area contributed by atoms with E-state index >= 15 is 0 Å². The van der Waals surface area contributed by atoms with Crippen molar-refractivity contribution in [2.45, 2.75) is 57.0 Å². The van der Waals surface area contributed by atoms with Crippen LogP contribution >= 0.6 is 0 Å². The van der Waals surface area contributed by atoms with E-state index < -0.39 is 8.32 Å². The molecule has 4 rings (SSSR count). The van der Waals surface area contributed by atoms with Gasteiger partial charge in [-0.05, 0) is 43.1 Å². The van der Waals surface area contributed by atoms with Crippen LogP contribution in [0.15, 0.2) is 18.2 Å². The topological polar surface area (TPSA) is 88.5 Å². The first-order valence-corrected chi connectivity index (χ1v) is 13.4. The van der Waals surface area contributed by atoms with Crippen LogP contribution in [0.25, 0.3) is 0 Å². The largest absolute Gasteiger partial charge is 0.489 e. The zero-order chi connectivity index (χ0) is 21.7. The van der Waals surface area contributed by atoms with E-state index in [9.17, 15) is 14.4 Å². The van der Waals surface area contributed by atoms with Crippen LogP contribution in [-0.4, -0.2) is 63.6 Å². The zero-order valence-corrected chi connectivity index (χ0v) is 19.0. The molecule has 0 saturated carbocycles. The number of ether oxygens (including phenoxy) is 3. The number of benzene rings is 1. The summed E-state index contributed by atoms with van der Waals surface area (Å²) in [6.07, 6.45) is 0.802. The third-order valence-corrected chi connectivity index (χ3v) is 10.4. The molecule has 164 valence electrons. The lowest BCUT2D eigenvalue weighted by Gasteiger charge is -2.36. The van der Waals surface area contributed by atoms with Crippen LogP contribution in [-0.2, 0) is 14.3 Å². The molecular weight excluding hydrogens is 404 g/mol. The van der Waals surface area contributed by atoms with Crippen molar-refractivity contribution in [3.63, 3.8) is 0 Å². The van der Waals surface area contributed by atoms with Crippen LogP contribution in [0.5, 0.6) is 5.75 Å². The van der Waals surface area contributed by atoms with Gasteiger partial charge in [0.2, 0.25) is 0 Å². The Bertz CT molecular complexity index is 852. The molecule has 0 aromatic heterocycles. The molecule has 0 spiro atoms. The minimum atomic E-state index is -2.33. The number of amides is 2. The standard InChI is InChI=1S/C21H30N2O6Si/c1-21(2,30(3,4)26)8-7-17-16-12-28-18-11-14(22-9-10-27-13-19(22)24)5-6-15(18)23(16)20(25)29-17/h5-6,11,16-17,26H,7-10,12-13H2,1-4H3/t16-,17-/m0/s1. The highest BCUT2D eigenvalue weighted by molar-refractivity contribution is 6.72. The van der Waals surface area contributed by atoms with Crippen molar-refractivity contribution >= 4 is 31.7 Å². The maximum absolute atomic E-state index is 12.7. The molecule has 3 heterocycles. The second-order valence-corrected chi connectivity index (χ2v) is 13.9. The van der Waals surface area contributed by atoms with Crippen LogP contribution in [0.4, 0.5) is 16.2 Å². The van der Waals surface area contributed by atoms with Gasteiger partial charge in [0.05, 0.1) is 12.3 Å². The van der Waals surface area contributed by atoms with Gasteiger partial charge in [-0.3, -0.25) is 9.69 Å². The molecule has 0 aliphatic carbocycles. The molecule has 0 unspecified atom stereocenters. The van der Waals surface area contributed by atoms with Crippen molar-refractivity contribution in [3.8, 4) is 5.75 Å². The van der Waals surface area contributed by atoms with E-state index in [2.05, 4.69) is 13.8 Å². The van der Waals surface area contributed by atoms with E-state index in [0.717, 1.165) is 12.1 Å². The van der Waals surface area contributed by atoms with Crippen molar-refractivity contribution in [2.75, 3.05) is 36.2 Å². The number of nitrogens with zero attached hydrogens (tertiary/aromatic N) is 2. The summed E-state index contributed by atoms with van der Waals surface area (Å²) in [4.78, 5) is 38.7. The fourth-order valence-corrected chi connectivity index (χ4v) is 4.79. The summed E-state index contributed by atoms with van der Waals surface area (Å²) in [5.74, 6) is 0.485. The first kappa shape index (κ1) is 21.1. The lowest BCUT2D eigenvalue weighted by Crippen LogP contribution is -2.45. The molecule has 2 amide bonds. The number of hydrogen-bond donors (Lipinski definition) is 1. The minimum Gasteiger partial charge on any atom is -0.489 e. The van der Waals surface area contributed by atoms with Crippen molar-refractivity contribution < 1.29 is 28.6 Å². The van der Waals surface area contributed by atoms with Gasteiger partial charge in [-0.15, -0.1) is 0 Å². The van der Waals surface area contributed by atoms with E-state index in [4.69, 9.17) is 14.2 Å². The first-order valence-electron chi connectivity index (χ1n) is 10.5. The first-order chi connectivity index (χ1) is 14.1. The van der Waals surface area contributed by atoms with E-state index in [1.165, 1.54) is 0 Å². The lowest BCUT2D eigenvalue weighted by atomic mass is 9.98. The highest BCUT2D eigenvalue weighted by Gasteiger charge is 2.48. The number of cyclic esters (lactones) is 1. The molecule has 1 aromatic carbocycles. The van der Waals surface area contributed by atoms with Gasteiger partial charge in [0, 0.05) is 18.3 Å². The van der Waals surface area contributed by atoms with Gasteiger partial charge in [0.25, 0.3) is 5.91 Å². The Labute approximate surface area is 177 Å². The monoisotopic (exact) mass is 434 g/mol. The molecule has 3 aliphatic rings. The van der Waals surface area contributed by atoms with Gasteiger partial charge in [0.1, 0.15) is 31.1 Å². The van der Waals surface area contributed by atoms with Gasteiger partial charge in [0.15, 0.2) is 8.32 Å². The fraction of sp³-hybridized carbons (Fsp3) is 0.619. The second kappa shape index (κ2) is 7.54. The van der Waals surface area contributed by atoms with Crippen molar-refractivity contribution in [1.29, 1.82) is 0 Å². The Balaban J connectivity index is 1.51. The summed E-state index contributed by atoms with van der Waals surface area (Å²) in [5, 5.41) is -0.181. The molecular formula is C21H30N2O6Si. The molecule has 1 aromatic rings. The number of morpholine rings is 1. The minimum absolute atomic E-state index is 0.0734. The number of anilines is 2. The molecule has 2 saturated heterocycles. The van der Waals surface area contributed by atoms with Crippen molar-refractivity contribution in [2.24, 2.45) is 0 Å². The summed E-state index contributed by atoms with van der Waals surface area (Å²) < 4.78 is 16.9. The third-order valence-electron chi connectivity index (χ3n) is 6.83. The van der Waals surface area contributed by atoms with E-state index in [1.807, 2.05) is 25.2 Å². The Kier molecular flexibility index (Phi) is 5.32. The normalized spacial score (nSPS) is 24.3. The zero-order valence-electron chi connectivity index (χ0n) is 18.0. The molecule has 2 fully saturated rings. The summed E-state index contributed by atoms with van der Waals surface area (Å²) in [6.45, 7) is 9.44. The number of carbonyl (C=O) groups excluding carboxylic acids is 2. The summed E-state index contributed by atoms with van der Waals surface area (Å²) >= 11 is 0. The Morgan fingerprint density at radius 3 is 2.73 bits per heavy atom. The van der Waals surface area contributed by atoms with E-state index in [-0.39, 0.29) is 35.8 Å². The van der Waals surface area contributed by atoms with Crippen molar-refractivity contribution in [1.82, 2.24) is 0 Å². The molecule has 2 atom stereocenters. The predicted molar refractivity (Wildman–Crippen MR) is 115 cm³/mol. The van der Waals surface area contributed by atoms with Crippen molar-refractivity contribution in [3.05, 3.63) is 18.2 Å². The van der Waals surface area contributed by atoms with Gasteiger partial charge in [-0.25, -0.2) is 4.79 Å². The molecule has 9 heteroatoms. The van der Waals surface area contributed by atoms with Gasteiger partial charge >= 0.3 is 6.09 Å². The smallest absolute Gasteiger partial charge is 0.415 e. The predicted octanol–water partition coefficient (Wildman–Crippen LogP) is 2.89. The van der Waals surface area contributed by atoms with E-state index in [0.29, 0.717) is 37.6 Å². The summed E-state index contributed by atoms with van der Waals surface area (Å²) in [6, 6.07) is 5.26. The fourth-order valence-electron chi connectivity index (χ4n) is 4.04. The number of carbonyl (C=O) groups is 2. The van der Waals surface area contributed by atoms with Crippen LogP contribution in [0, 0.1) is 0 Å². The number of rotatable bonds is 5. The maximum Gasteiger partial charge on any atom is 0.415 e. The lowest BCUT2D eigenvalue weighted by molar-refractivity contribution is -0.125. The summed E-state index contributed by atoms with van der Waals surface area (Å²) in [5.41, 5.74) is 1.40. The van der Waals surface area contributed by atoms with Crippen LogP contribution in [0.1, 0.15) is 26.7 Å². The average Bonchev–Trinajstić information content (AvgIpc) is 3.01. The number of fused-ring (bicyclic) bond motifs is 3. The molecule has 0 radical (unpaired) electrons.